The third-order valence-corrected chi connectivity index (χ3v) is 3.47. The lowest BCUT2D eigenvalue weighted by molar-refractivity contribution is 0.139. The topological polar surface area (TPSA) is 27.7 Å². The Morgan fingerprint density at radius 3 is 2.69 bits per heavy atom. The van der Waals surface area contributed by atoms with Gasteiger partial charge in [0, 0.05) is 59.0 Å². The van der Waals surface area contributed by atoms with E-state index in [-0.39, 0.29) is 0 Å². The van der Waals surface area contributed by atoms with Gasteiger partial charge in [-0.15, -0.1) is 0 Å². The van der Waals surface area contributed by atoms with Crippen LogP contribution in [-0.4, -0.2) is 75.9 Å². The molecule has 1 saturated heterocycles. The number of piperazine rings is 1. The Morgan fingerprint density at radius 2 is 2.06 bits per heavy atom. The highest BCUT2D eigenvalue weighted by Gasteiger charge is 2.12. The van der Waals surface area contributed by atoms with Gasteiger partial charge in [-0.2, -0.15) is 0 Å². The summed E-state index contributed by atoms with van der Waals surface area (Å²) in [7, 11) is 3.98. The van der Waals surface area contributed by atoms with Gasteiger partial charge in [0.1, 0.15) is 0 Å². The number of hydrogen-bond acceptors (Lipinski definition) is 4. The van der Waals surface area contributed by atoms with Gasteiger partial charge in [-0.1, -0.05) is 0 Å². The van der Waals surface area contributed by atoms with Gasteiger partial charge >= 0.3 is 0 Å². The molecule has 1 aliphatic rings. The van der Waals surface area contributed by atoms with Crippen molar-refractivity contribution in [2.45, 2.75) is 19.4 Å². The van der Waals surface area contributed by atoms with E-state index in [9.17, 15) is 0 Å². The molecule has 0 spiro atoms. The summed E-state index contributed by atoms with van der Waals surface area (Å²) in [6.07, 6.45) is 1.12. The molecular formula is C12H27N3O. The Bertz CT molecular complexity index is 172. The fourth-order valence-corrected chi connectivity index (χ4v) is 1.96. The minimum absolute atomic E-state index is 0.614. The smallest absolute Gasteiger partial charge is 0.0477 e. The summed E-state index contributed by atoms with van der Waals surface area (Å²) >= 11 is 0. The predicted octanol–water partition coefficient (Wildman–Crippen LogP) is 0.248. The fourth-order valence-electron chi connectivity index (χ4n) is 1.96. The van der Waals surface area contributed by atoms with Crippen molar-refractivity contribution in [2.24, 2.45) is 0 Å². The first-order valence-electron chi connectivity index (χ1n) is 6.36. The van der Waals surface area contributed by atoms with E-state index in [2.05, 4.69) is 29.1 Å². The lowest BCUT2D eigenvalue weighted by Crippen LogP contribution is -2.46. The van der Waals surface area contributed by atoms with Gasteiger partial charge < -0.3 is 15.0 Å². The van der Waals surface area contributed by atoms with E-state index in [4.69, 9.17) is 4.74 Å². The average molecular weight is 229 g/mol. The van der Waals surface area contributed by atoms with Crippen LogP contribution >= 0.6 is 0 Å². The van der Waals surface area contributed by atoms with E-state index in [1.165, 1.54) is 19.6 Å². The van der Waals surface area contributed by atoms with Crippen LogP contribution in [0.2, 0.25) is 0 Å². The van der Waals surface area contributed by atoms with Crippen LogP contribution in [0.25, 0.3) is 0 Å². The first-order valence-corrected chi connectivity index (χ1v) is 6.36. The molecule has 0 saturated carbocycles. The van der Waals surface area contributed by atoms with Gasteiger partial charge in [0.25, 0.3) is 0 Å². The second kappa shape index (κ2) is 8.01. The van der Waals surface area contributed by atoms with Crippen molar-refractivity contribution in [2.75, 3.05) is 60.0 Å². The molecule has 1 atom stereocenters. The second-order valence-corrected chi connectivity index (χ2v) is 4.70. The first-order chi connectivity index (χ1) is 7.74. The number of nitrogens with zero attached hydrogens (tertiary/aromatic N) is 2. The summed E-state index contributed by atoms with van der Waals surface area (Å²) in [5.41, 5.74) is 0. The van der Waals surface area contributed by atoms with Gasteiger partial charge in [-0.25, -0.2) is 0 Å². The first kappa shape index (κ1) is 13.9. The lowest BCUT2D eigenvalue weighted by Gasteiger charge is -2.31. The second-order valence-electron chi connectivity index (χ2n) is 4.70. The van der Waals surface area contributed by atoms with Gasteiger partial charge in [0.05, 0.1) is 0 Å². The highest BCUT2D eigenvalue weighted by Crippen LogP contribution is 2.02. The molecule has 1 fully saturated rings. The lowest BCUT2D eigenvalue weighted by atomic mass is 10.2. The van der Waals surface area contributed by atoms with Gasteiger partial charge in [-0.3, -0.25) is 4.90 Å². The largest absolute Gasteiger partial charge is 0.385 e. The van der Waals surface area contributed by atoms with Crippen LogP contribution in [0, 0.1) is 0 Å². The molecule has 0 aromatic carbocycles. The van der Waals surface area contributed by atoms with E-state index in [0.29, 0.717) is 6.04 Å². The Morgan fingerprint density at radius 1 is 1.38 bits per heavy atom. The summed E-state index contributed by atoms with van der Waals surface area (Å²) in [4.78, 5) is 4.97. The van der Waals surface area contributed by atoms with E-state index < -0.39 is 0 Å². The molecule has 1 heterocycles. The Balaban J connectivity index is 2.10. The Hall–Kier alpha value is -0.160. The van der Waals surface area contributed by atoms with Crippen LogP contribution in [0.3, 0.4) is 0 Å². The van der Waals surface area contributed by atoms with Crippen LogP contribution in [0.4, 0.5) is 0 Å². The zero-order valence-electron chi connectivity index (χ0n) is 11.0. The number of ether oxygens (including phenoxy) is 1. The van der Waals surface area contributed by atoms with Crippen LogP contribution < -0.4 is 5.32 Å². The molecule has 96 valence electrons. The Kier molecular flexibility index (Phi) is 6.96. The molecule has 4 heteroatoms. The molecule has 0 bridgehead atoms. The van der Waals surface area contributed by atoms with Gasteiger partial charge in [0.2, 0.25) is 0 Å². The van der Waals surface area contributed by atoms with E-state index in [0.717, 1.165) is 32.7 Å². The zero-order chi connectivity index (χ0) is 11.8. The molecule has 1 rings (SSSR count). The van der Waals surface area contributed by atoms with Crippen molar-refractivity contribution in [1.82, 2.24) is 15.1 Å². The summed E-state index contributed by atoms with van der Waals surface area (Å²) < 4.78 is 5.11. The summed E-state index contributed by atoms with van der Waals surface area (Å²) in [5, 5.41) is 3.38. The number of nitrogens with one attached hydrogen (secondary N) is 1. The van der Waals surface area contributed by atoms with Gasteiger partial charge in [0.15, 0.2) is 0 Å². The number of hydrogen-bond donors (Lipinski definition) is 1. The highest BCUT2D eigenvalue weighted by molar-refractivity contribution is 4.70. The summed E-state index contributed by atoms with van der Waals surface area (Å²) in [5.74, 6) is 0. The molecular weight excluding hydrogens is 202 g/mol. The number of likely N-dealkylation sites (N-methyl/N-ethyl adjacent to an activating group) is 1. The highest BCUT2D eigenvalue weighted by atomic mass is 16.5. The molecule has 4 nitrogen and oxygen atoms in total. The Labute approximate surface area is 99.9 Å². The molecule has 1 aliphatic heterocycles. The number of rotatable bonds is 7. The maximum Gasteiger partial charge on any atom is 0.0477 e. The molecule has 0 aliphatic carbocycles. The molecule has 1 N–H and O–H groups in total. The normalized spacial score (nSPS) is 20.2. The number of methoxy groups -OCH3 is 1. The van der Waals surface area contributed by atoms with Crippen molar-refractivity contribution >= 4 is 0 Å². The van der Waals surface area contributed by atoms with Crippen molar-refractivity contribution in [1.29, 1.82) is 0 Å². The van der Waals surface area contributed by atoms with Crippen molar-refractivity contribution in [3.05, 3.63) is 0 Å². The standard InChI is InChI=1S/C12H27N3O/c1-12(4-11-16-3)14(2)9-10-15-7-5-13-6-8-15/h12-13H,4-11H2,1-3H3. The monoisotopic (exact) mass is 229 g/mol. The third-order valence-electron chi connectivity index (χ3n) is 3.47. The van der Waals surface area contributed by atoms with Crippen molar-refractivity contribution in [3.63, 3.8) is 0 Å². The molecule has 0 radical (unpaired) electrons. The van der Waals surface area contributed by atoms with E-state index in [1.807, 2.05) is 0 Å². The summed E-state index contributed by atoms with van der Waals surface area (Å²) in [6, 6.07) is 0.614. The van der Waals surface area contributed by atoms with Crippen LogP contribution in [-0.2, 0) is 4.74 Å². The maximum absolute atomic E-state index is 5.11. The minimum Gasteiger partial charge on any atom is -0.385 e. The fraction of sp³-hybridized carbons (Fsp3) is 1.00. The SMILES string of the molecule is COCCC(C)N(C)CCN1CCNCC1. The quantitative estimate of drug-likeness (QED) is 0.677. The van der Waals surface area contributed by atoms with Crippen LogP contribution in [0.5, 0.6) is 0 Å². The molecule has 1 unspecified atom stereocenters. The van der Waals surface area contributed by atoms with Gasteiger partial charge in [-0.05, 0) is 20.4 Å². The molecule has 0 aromatic rings. The van der Waals surface area contributed by atoms with Crippen LogP contribution in [0.15, 0.2) is 0 Å². The van der Waals surface area contributed by atoms with E-state index >= 15 is 0 Å². The van der Waals surface area contributed by atoms with Crippen LogP contribution in [0.1, 0.15) is 13.3 Å². The summed E-state index contributed by atoms with van der Waals surface area (Å²) in [6.45, 7) is 10.2. The third kappa shape index (κ3) is 5.25. The molecule has 0 amide bonds. The molecule has 0 aromatic heterocycles. The maximum atomic E-state index is 5.11. The average Bonchev–Trinajstić information content (AvgIpc) is 2.34. The minimum atomic E-state index is 0.614. The zero-order valence-corrected chi connectivity index (χ0v) is 11.0. The van der Waals surface area contributed by atoms with E-state index in [1.54, 1.807) is 7.11 Å². The van der Waals surface area contributed by atoms with Crippen molar-refractivity contribution in [3.8, 4) is 0 Å². The predicted molar refractivity (Wildman–Crippen MR) is 67.9 cm³/mol. The molecule has 16 heavy (non-hydrogen) atoms. The van der Waals surface area contributed by atoms with Crippen molar-refractivity contribution < 1.29 is 4.74 Å².